The van der Waals surface area contributed by atoms with Gasteiger partial charge in [-0.1, -0.05) is 6.07 Å². The largest absolute Gasteiger partial charge is 0.454 e. The lowest BCUT2D eigenvalue weighted by atomic mass is 10.2. The minimum atomic E-state index is 0. The monoisotopic (exact) mass is 172 g/mol. The number of aryl methyl sites for hydroxylation is 1. The Bertz CT molecular complexity index is 260. The smallest absolute Gasteiger partial charge is 0.231 e. The first-order valence-electron chi connectivity index (χ1n) is 3.22. The number of ether oxygens (including phenoxy) is 2. The lowest BCUT2D eigenvalue weighted by Crippen LogP contribution is -1.92. The third-order valence-electron chi connectivity index (χ3n) is 1.53. The van der Waals surface area contributed by atoms with Crippen LogP contribution in [0.4, 0.5) is 0 Å². The van der Waals surface area contributed by atoms with Gasteiger partial charge in [-0.2, -0.15) is 0 Å². The van der Waals surface area contributed by atoms with Crippen LogP contribution in [0.15, 0.2) is 18.2 Å². The van der Waals surface area contributed by atoms with Gasteiger partial charge in [-0.3, -0.25) is 0 Å². The van der Waals surface area contributed by atoms with Crippen molar-refractivity contribution in [1.29, 1.82) is 0 Å². The van der Waals surface area contributed by atoms with E-state index < -0.39 is 0 Å². The Hall–Kier alpha value is -0.890. The van der Waals surface area contributed by atoms with Gasteiger partial charge in [-0.15, -0.1) is 12.4 Å². The zero-order chi connectivity index (χ0) is 6.97. The standard InChI is InChI=1S/C8H8O2.ClH/c1-6-2-3-7-8(4-6)10-5-9-7;/h2-4H,5H2,1H3;1H. The summed E-state index contributed by atoms with van der Waals surface area (Å²) in [4.78, 5) is 0. The molecule has 1 aromatic rings. The molecule has 1 aliphatic rings. The van der Waals surface area contributed by atoms with Gasteiger partial charge in [-0.05, 0) is 24.6 Å². The molecule has 60 valence electrons. The van der Waals surface area contributed by atoms with Crippen molar-refractivity contribution in [1.82, 2.24) is 0 Å². The molecule has 0 atom stereocenters. The molecule has 0 N–H and O–H groups in total. The molecular weight excluding hydrogens is 164 g/mol. The Morgan fingerprint density at radius 1 is 1.18 bits per heavy atom. The molecule has 2 rings (SSSR count). The number of hydrogen-bond donors (Lipinski definition) is 0. The van der Waals surface area contributed by atoms with Crippen LogP contribution >= 0.6 is 12.4 Å². The summed E-state index contributed by atoms with van der Waals surface area (Å²) in [6, 6.07) is 5.91. The molecular formula is C8H9ClO2. The van der Waals surface area contributed by atoms with Crippen molar-refractivity contribution in [2.75, 3.05) is 6.79 Å². The van der Waals surface area contributed by atoms with Gasteiger partial charge in [-0.25, -0.2) is 0 Å². The van der Waals surface area contributed by atoms with Crippen molar-refractivity contribution < 1.29 is 9.47 Å². The van der Waals surface area contributed by atoms with E-state index in [9.17, 15) is 0 Å². The van der Waals surface area contributed by atoms with Gasteiger partial charge in [0, 0.05) is 0 Å². The molecule has 1 heterocycles. The van der Waals surface area contributed by atoms with Gasteiger partial charge >= 0.3 is 0 Å². The van der Waals surface area contributed by atoms with E-state index >= 15 is 0 Å². The van der Waals surface area contributed by atoms with E-state index in [2.05, 4.69) is 0 Å². The van der Waals surface area contributed by atoms with Crippen LogP contribution in [0.25, 0.3) is 0 Å². The van der Waals surface area contributed by atoms with Gasteiger partial charge in [0.2, 0.25) is 6.79 Å². The fourth-order valence-electron chi connectivity index (χ4n) is 1.00. The highest BCUT2D eigenvalue weighted by molar-refractivity contribution is 5.85. The van der Waals surface area contributed by atoms with Crippen molar-refractivity contribution >= 4 is 12.4 Å². The van der Waals surface area contributed by atoms with Gasteiger partial charge in [0.25, 0.3) is 0 Å². The lowest BCUT2D eigenvalue weighted by molar-refractivity contribution is 0.174. The summed E-state index contributed by atoms with van der Waals surface area (Å²) in [6.45, 7) is 2.39. The molecule has 1 aromatic carbocycles. The summed E-state index contributed by atoms with van der Waals surface area (Å²) in [7, 11) is 0. The average Bonchev–Trinajstić information content (AvgIpc) is 2.33. The molecule has 0 unspecified atom stereocenters. The molecule has 0 amide bonds. The highest BCUT2D eigenvalue weighted by atomic mass is 35.5. The van der Waals surface area contributed by atoms with Gasteiger partial charge in [0.1, 0.15) is 0 Å². The Morgan fingerprint density at radius 3 is 2.73 bits per heavy atom. The minimum Gasteiger partial charge on any atom is -0.454 e. The minimum absolute atomic E-state index is 0. The van der Waals surface area contributed by atoms with E-state index in [1.165, 1.54) is 5.56 Å². The molecule has 0 spiro atoms. The maximum atomic E-state index is 5.16. The first kappa shape index (κ1) is 8.21. The van der Waals surface area contributed by atoms with E-state index in [0.717, 1.165) is 11.5 Å². The van der Waals surface area contributed by atoms with Crippen LogP contribution in [0.3, 0.4) is 0 Å². The molecule has 11 heavy (non-hydrogen) atoms. The topological polar surface area (TPSA) is 18.5 Å². The first-order valence-corrected chi connectivity index (χ1v) is 3.22. The number of hydrogen-bond acceptors (Lipinski definition) is 2. The Balaban J connectivity index is 0.000000605. The number of fused-ring (bicyclic) bond motifs is 1. The molecule has 0 saturated heterocycles. The Kier molecular flexibility index (Phi) is 2.25. The Labute approximate surface area is 71.5 Å². The third-order valence-corrected chi connectivity index (χ3v) is 1.53. The van der Waals surface area contributed by atoms with E-state index in [4.69, 9.17) is 9.47 Å². The average molecular weight is 173 g/mol. The predicted octanol–water partition coefficient (Wildman–Crippen LogP) is 2.15. The third kappa shape index (κ3) is 1.40. The zero-order valence-electron chi connectivity index (χ0n) is 6.16. The first-order chi connectivity index (χ1) is 4.86. The van der Waals surface area contributed by atoms with Crippen LogP contribution in [-0.2, 0) is 0 Å². The normalized spacial score (nSPS) is 12.5. The van der Waals surface area contributed by atoms with E-state index in [1.54, 1.807) is 0 Å². The quantitative estimate of drug-likeness (QED) is 0.597. The van der Waals surface area contributed by atoms with E-state index in [0.29, 0.717) is 6.79 Å². The van der Waals surface area contributed by atoms with E-state index in [1.807, 2.05) is 25.1 Å². The molecule has 0 bridgehead atoms. The number of benzene rings is 1. The van der Waals surface area contributed by atoms with Gasteiger partial charge < -0.3 is 9.47 Å². The summed E-state index contributed by atoms with van der Waals surface area (Å²) in [5.74, 6) is 1.71. The second-order valence-electron chi connectivity index (χ2n) is 2.36. The fraction of sp³-hybridized carbons (Fsp3) is 0.250. The molecule has 2 nitrogen and oxygen atoms in total. The van der Waals surface area contributed by atoms with Gasteiger partial charge in [0.15, 0.2) is 11.5 Å². The SMILES string of the molecule is Cc1ccc2c(c1)OCO2.Cl. The molecule has 0 fully saturated rings. The molecule has 0 radical (unpaired) electrons. The predicted molar refractivity (Wildman–Crippen MR) is 44.6 cm³/mol. The molecule has 0 aromatic heterocycles. The van der Waals surface area contributed by atoms with Gasteiger partial charge in [0.05, 0.1) is 0 Å². The van der Waals surface area contributed by atoms with Crippen LogP contribution < -0.4 is 9.47 Å². The summed E-state index contributed by atoms with van der Waals surface area (Å²) >= 11 is 0. The second-order valence-corrected chi connectivity index (χ2v) is 2.36. The van der Waals surface area contributed by atoms with Crippen molar-refractivity contribution in [2.24, 2.45) is 0 Å². The molecule has 3 heteroatoms. The lowest BCUT2D eigenvalue weighted by Gasteiger charge is -1.94. The number of halogens is 1. The number of rotatable bonds is 0. The molecule has 0 aliphatic carbocycles. The van der Waals surface area contributed by atoms with E-state index in [-0.39, 0.29) is 12.4 Å². The van der Waals surface area contributed by atoms with Crippen molar-refractivity contribution in [3.63, 3.8) is 0 Å². The molecule has 0 saturated carbocycles. The zero-order valence-corrected chi connectivity index (χ0v) is 6.98. The van der Waals surface area contributed by atoms with Crippen LogP contribution in [0.5, 0.6) is 11.5 Å². The summed E-state index contributed by atoms with van der Waals surface area (Å²) in [5, 5.41) is 0. The van der Waals surface area contributed by atoms with Crippen LogP contribution in [0, 0.1) is 6.92 Å². The maximum Gasteiger partial charge on any atom is 0.231 e. The summed E-state index contributed by atoms with van der Waals surface area (Å²) < 4.78 is 10.3. The maximum absolute atomic E-state index is 5.16. The van der Waals surface area contributed by atoms with Crippen molar-refractivity contribution in [2.45, 2.75) is 6.92 Å². The highest BCUT2D eigenvalue weighted by Crippen LogP contribution is 2.31. The fourth-order valence-corrected chi connectivity index (χ4v) is 1.00. The second kappa shape index (κ2) is 3.01. The highest BCUT2D eigenvalue weighted by Gasteiger charge is 2.11. The van der Waals surface area contributed by atoms with Crippen LogP contribution in [0.2, 0.25) is 0 Å². The van der Waals surface area contributed by atoms with Crippen LogP contribution in [-0.4, -0.2) is 6.79 Å². The van der Waals surface area contributed by atoms with Crippen LogP contribution in [0.1, 0.15) is 5.56 Å². The van der Waals surface area contributed by atoms with Crippen molar-refractivity contribution in [3.8, 4) is 11.5 Å². The Morgan fingerprint density at radius 2 is 1.91 bits per heavy atom. The summed E-state index contributed by atoms with van der Waals surface area (Å²) in [5.41, 5.74) is 1.20. The van der Waals surface area contributed by atoms with Crippen molar-refractivity contribution in [3.05, 3.63) is 23.8 Å². The summed E-state index contributed by atoms with van der Waals surface area (Å²) in [6.07, 6.45) is 0. The molecule has 1 aliphatic heterocycles.